The molecule has 1 aromatic carbocycles. The van der Waals surface area contributed by atoms with Crippen molar-refractivity contribution in [2.45, 2.75) is 58.5 Å². The third-order valence-corrected chi connectivity index (χ3v) is 4.73. The molecule has 1 aliphatic carbocycles. The van der Waals surface area contributed by atoms with Crippen LogP contribution in [0, 0.1) is 10.8 Å². The Kier molecular flexibility index (Phi) is 5.31. The van der Waals surface area contributed by atoms with Crippen LogP contribution in [-0.2, 0) is 12.4 Å². The first-order valence-corrected chi connectivity index (χ1v) is 8.31. The molecule has 0 saturated heterocycles. The number of rotatable bonds is 3. The standard InChI is InChI=1S/C18H23F6NO/c1-15(2)7-14(26)8-16(3,9-15)10-25-13-5-11(17(19,20)21)4-12(6-13)18(22,23)24/h4-6,14,25-26H,7-10H2,1-3H3. The Bertz CT molecular complexity index is 620. The Morgan fingerprint density at radius 3 is 1.88 bits per heavy atom. The van der Waals surface area contributed by atoms with E-state index in [1.807, 2.05) is 20.8 Å². The maximum atomic E-state index is 12.9. The number of hydrogen-bond donors (Lipinski definition) is 2. The molecule has 2 unspecified atom stereocenters. The molecule has 0 bridgehead atoms. The Labute approximate surface area is 148 Å². The Morgan fingerprint density at radius 2 is 1.46 bits per heavy atom. The Balaban J connectivity index is 2.26. The second-order valence-corrected chi connectivity index (χ2v) is 8.36. The molecule has 1 fully saturated rings. The fourth-order valence-corrected chi connectivity index (χ4v) is 4.09. The van der Waals surface area contributed by atoms with E-state index in [1.54, 1.807) is 0 Å². The lowest BCUT2D eigenvalue weighted by Crippen LogP contribution is -2.42. The van der Waals surface area contributed by atoms with Crippen LogP contribution in [0.15, 0.2) is 18.2 Å². The zero-order chi connectivity index (χ0) is 20.0. The largest absolute Gasteiger partial charge is 0.416 e. The summed E-state index contributed by atoms with van der Waals surface area (Å²) in [7, 11) is 0. The van der Waals surface area contributed by atoms with Gasteiger partial charge < -0.3 is 10.4 Å². The minimum Gasteiger partial charge on any atom is -0.393 e. The van der Waals surface area contributed by atoms with Crippen LogP contribution in [0.5, 0.6) is 0 Å². The highest BCUT2D eigenvalue weighted by molar-refractivity contribution is 5.50. The van der Waals surface area contributed by atoms with Gasteiger partial charge in [-0.1, -0.05) is 20.8 Å². The van der Waals surface area contributed by atoms with E-state index in [9.17, 15) is 31.4 Å². The second-order valence-electron chi connectivity index (χ2n) is 8.36. The monoisotopic (exact) mass is 383 g/mol. The van der Waals surface area contributed by atoms with Gasteiger partial charge >= 0.3 is 12.4 Å². The van der Waals surface area contributed by atoms with Gasteiger partial charge in [0.15, 0.2) is 0 Å². The molecule has 0 aliphatic heterocycles. The van der Waals surface area contributed by atoms with Gasteiger partial charge in [-0.15, -0.1) is 0 Å². The van der Waals surface area contributed by atoms with Crippen LogP contribution in [0.4, 0.5) is 32.0 Å². The predicted molar refractivity (Wildman–Crippen MR) is 86.7 cm³/mol. The summed E-state index contributed by atoms with van der Waals surface area (Å²) in [6.45, 7) is 6.02. The number of aliphatic hydroxyl groups is 1. The van der Waals surface area contributed by atoms with Crippen molar-refractivity contribution in [2.75, 3.05) is 11.9 Å². The van der Waals surface area contributed by atoms with Gasteiger partial charge in [0.05, 0.1) is 17.2 Å². The van der Waals surface area contributed by atoms with E-state index in [4.69, 9.17) is 0 Å². The van der Waals surface area contributed by atoms with Crippen molar-refractivity contribution in [3.8, 4) is 0 Å². The number of anilines is 1. The van der Waals surface area contributed by atoms with E-state index >= 15 is 0 Å². The smallest absolute Gasteiger partial charge is 0.393 e. The lowest BCUT2D eigenvalue weighted by Gasteiger charge is -2.45. The van der Waals surface area contributed by atoms with Crippen LogP contribution in [0.1, 0.15) is 51.2 Å². The highest BCUT2D eigenvalue weighted by Crippen LogP contribution is 2.46. The third-order valence-electron chi connectivity index (χ3n) is 4.73. The minimum absolute atomic E-state index is 0.111. The molecule has 0 heterocycles. The van der Waals surface area contributed by atoms with Gasteiger partial charge in [0.1, 0.15) is 0 Å². The Morgan fingerprint density at radius 1 is 0.962 bits per heavy atom. The van der Waals surface area contributed by atoms with Gasteiger partial charge in [0.2, 0.25) is 0 Å². The van der Waals surface area contributed by atoms with Crippen molar-refractivity contribution in [1.82, 2.24) is 0 Å². The molecule has 0 amide bonds. The molecule has 26 heavy (non-hydrogen) atoms. The molecule has 148 valence electrons. The Hall–Kier alpha value is -1.44. The van der Waals surface area contributed by atoms with Crippen LogP contribution in [0.3, 0.4) is 0 Å². The third kappa shape index (κ3) is 5.28. The van der Waals surface area contributed by atoms with Gasteiger partial charge in [-0.25, -0.2) is 0 Å². The van der Waals surface area contributed by atoms with E-state index in [0.717, 1.165) is 0 Å². The van der Waals surface area contributed by atoms with Crippen LogP contribution in [-0.4, -0.2) is 17.8 Å². The number of halogens is 6. The number of nitrogens with one attached hydrogen (secondary N) is 1. The normalized spacial score (nSPS) is 26.6. The molecule has 8 heteroatoms. The summed E-state index contributed by atoms with van der Waals surface area (Å²) < 4.78 is 77.6. The second kappa shape index (κ2) is 6.62. The fourth-order valence-electron chi connectivity index (χ4n) is 4.09. The highest BCUT2D eigenvalue weighted by Gasteiger charge is 2.41. The van der Waals surface area contributed by atoms with E-state index in [1.165, 1.54) is 0 Å². The zero-order valence-corrected chi connectivity index (χ0v) is 14.9. The van der Waals surface area contributed by atoms with Crippen LogP contribution >= 0.6 is 0 Å². The van der Waals surface area contributed by atoms with Gasteiger partial charge in [0, 0.05) is 12.2 Å². The summed E-state index contributed by atoms with van der Waals surface area (Å²) in [4.78, 5) is 0. The highest BCUT2D eigenvalue weighted by atomic mass is 19.4. The van der Waals surface area contributed by atoms with Crippen LogP contribution < -0.4 is 5.32 Å². The van der Waals surface area contributed by atoms with Crippen LogP contribution in [0.2, 0.25) is 0 Å². The summed E-state index contributed by atoms with van der Waals surface area (Å²) in [5.41, 5.74) is -3.51. The van der Waals surface area contributed by atoms with Crippen molar-refractivity contribution in [1.29, 1.82) is 0 Å². The van der Waals surface area contributed by atoms with Crippen molar-refractivity contribution in [2.24, 2.45) is 10.8 Å². The summed E-state index contributed by atoms with van der Waals surface area (Å²) in [5.74, 6) is 0. The first-order chi connectivity index (χ1) is 11.6. The molecule has 2 atom stereocenters. The predicted octanol–water partition coefficient (Wildman–Crippen LogP) is 5.71. The molecule has 2 rings (SSSR count). The molecule has 2 nitrogen and oxygen atoms in total. The molecule has 2 N–H and O–H groups in total. The molecular weight excluding hydrogens is 360 g/mol. The number of benzene rings is 1. The minimum atomic E-state index is -4.87. The summed E-state index contributed by atoms with van der Waals surface area (Å²) in [6, 6.07) is 1.48. The molecule has 1 aromatic rings. The molecular formula is C18H23F6NO. The van der Waals surface area contributed by atoms with E-state index in [0.29, 0.717) is 31.4 Å². The maximum Gasteiger partial charge on any atom is 0.416 e. The van der Waals surface area contributed by atoms with Crippen molar-refractivity contribution in [3.05, 3.63) is 29.3 Å². The summed E-state index contributed by atoms with van der Waals surface area (Å²) in [5, 5.41) is 12.8. The van der Waals surface area contributed by atoms with E-state index in [2.05, 4.69) is 5.32 Å². The number of hydrogen-bond acceptors (Lipinski definition) is 2. The lowest BCUT2D eigenvalue weighted by atomic mass is 9.63. The number of aliphatic hydroxyl groups excluding tert-OH is 1. The summed E-state index contributed by atoms with van der Waals surface area (Å²) >= 11 is 0. The topological polar surface area (TPSA) is 32.3 Å². The molecule has 0 radical (unpaired) electrons. The van der Waals surface area contributed by atoms with Crippen molar-refractivity contribution >= 4 is 5.69 Å². The quantitative estimate of drug-likeness (QED) is 0.655. The van der Waals surface area contributed by atoms with Gasteiger partial charge in [-0.05, 0) is 48.3 Å². The first-order valence-electron chi connectivity index (χ1n) is 8.31. The van der Waals surface area contributed by atoms with E-state index < -0.39 is 35.0 Å². The zero-order valence-electron chi connectivity index (χ0n) is 14.9. The number of alkyl halides is 6. The molecule has 1 saturated carbocycles. The lowest BCUT2D eigenvalue weighted by molar-refractivity contribution is -0.143. The van der Waals surface area contributed by atoms with Crippen molar-refractivity contribution < 1.29 is 31.4 Å². The average Bonchev–Trinajstić information content (AvgIpc) is 2.40. The SMILES string of the molecule is CC1(C)CC(O)CC(C)(CNc2cc(C(F)(F)F)cc(C(F)(F)F)c2)C1. The fraction of sp³-hybridized carbons (Fsp3) is 0.667. The van der Waals surface area contributed by atoms with Gasteiger partial charge in [-0.2, -0.15) is 26.3 Å². The maximum absolute atomic E-state index is 12.9. The molecule has 0 spiro atoms. The van der Waals surface area contributed by atoms with Gasteiger partial charge in [-0.3, -0.25) is 0 Å². The summed E-state index contributed by atoms with van der Waals surface area (Å²) in [6.07, 6.45) is -8.53. The molecule has 0 aromatic heterocycles. The average molecular weight is 383 g/mol. The molecule has 1 aliphatic rings. The van der Waals surface area contributed by atoms with Crippen LogP contribution in [0.25, 0.3) is 0 Å². The van der Waals surface area contributed by atoms with Gasteiger partial charge in [0.25, 0.3) is 0 Å². The van der Waals surface area contributed by atoms with E-state index in [-0.39, 0.29) is 23.7 Å². The van der Waals surface area contributed by atoms with Crippen molar-refractivity contribution in [3.63, 3.8) is 0 Å². The first kappa shape index (κ1) is 20.9.